The van der Waals surface area contributed by atoms with Gasteiger partial charge in [0.1, 0.15) is 6.61 Å². The van der Waals surface area contributed by atoms with Crippen molar-refractivity contribution in [1.82, 2.24) is 0 Å². The van der Waals surface area contributed by atoms with Crippen LogP contribution in [0.5, 0.6) is 0 Å². The lowest BCUT2D eigenvalue weighted by Crippen LogP contribution is -2.07. The van der Waals surface area contributed by atoms with E-state index in [4.69, 9.17) is 4.74 Å². The summed E-state index contributed by atoms with van der Waals surface area (Å²) in [6, 6.07) is 8.48. The molecule has 0 aliphatic carbocycles. The van der Waals surface area contributed by atoms with Crippen LogP contribution in [0.25, 0.3) is 0 Å². The van der Waals surface area contributed by atoms with Crippen LogP contribution in [0.15, 0.2) is 58.5 Å². The Morgan fingerprint density at radius 1 is 1.04 bits per heavy atom. The van der Waals surface area contributed by atoms with E-state index >= 15 is 0 Å². The second-order valence-electron chi connectivity index (χ2n) is 5.51. The predicted molar refractivity (Wildman–Crippen MR) is 91.9 cm³/mol. The predicted octanol–water partition coefficient (Wildman–Crippen LogP) is 3.70. The van der Waals surface area contributed by atoms with Gasteiger partial charge in [0, 0.05) is 6.92 Å². The minimum absolute atomic E-state index is 0.0349. The zero-order valence-corrected chi connectivity index (χ0v) is 14.7. The third-order valence-electron chi connectivity index (χ3n) is 3.27. The van der Waals surface area contributed by atoms with E-state index in [9.17, 15) is 13.2 Å². The Morgan fingerprint density at radius 3 is 2.30 bits per heavy atom. The third kappa shape index (κ3) is 7.79. The van der Waals surface area contributed by atoms with Crippen LogP contribution in [0.4, 0.5) is 0 Å². The highest BCUT2D eigenvalue weighted by Crippen LogP contribution is 2.14. The molecule has 0 aliphatic rings. The summed E-state index contributed by atoms with van der Waals surface area (Å²) in [6.45, 7) is 5.46. The molecule has 0 fully saturated rings. The summed E-state index contributed by atoms with van der Waals surface area (Å²) < 4.78 is 29.3. The van der Waals surface area contributed by atoms with Crippen LogP contribution in [-0.4, -0.2) is 26.7 Å². The molecular weight excluding hydrogens is 312 g/mol. The van der Waals surface area contributed by atoms with Crippen LogP contribution < -0.4 is 0 Å². The summed E-state index contributed by atoms with van der Waals surface area (Å²) in [5, 5.41) is 0. The van der Waals surface area contributed by atoms with E-state index in [0.29, 0.717) is 4.90 Å². The number of benzene rings is 1. The fourth-order valence-corrected chi connectivity index (χ4v) is 3.48. The van der Waals surface area contributed by atoms with Crippen LogP contribution in [0, 0.1) is 0 Å². The summed E-state index contributed by atoms with van der Waals surface area (Å²) in [7, 11) is -3.27. The van der Waals surface area contributed by atoms with Gasteiger partial charge in [-0.3, -0.25) is 4.79 Å². The van der Waals surface area contributed by atoms with E-state index < -0.39 is 9.84 Å². The highest BCUT2D eigenvalue weighted by molar-refractivity contribution is 7.91. The Hall–Kier alpha value is -1.88. The quantitative estimate of drug-likeness (QED) is 0.536. The molecule has 126 valence electrons. The van der Waals surface area contributed by atoms with E-state index in [2.05, 4.69) is 0 Å². The maximum absolute atomic E-state index is 12.2. The topological polar surface area (TPSA) is 60.4 Å². The maximum Gasteiger partial charge on any atom is 0.302 e. The monoisotopic (exact) mass is 336 g/mol. The molecule has 0 bridgehead atoms. The number of hydrogen-bond acceptors (Lipinski definition) is 4. The van der Waals surface area contributed by atoms with Crippen molar-refractivity contribution in [3.8, 4) is 0 Å². The van der Waals surface area contributed by atoms with E-state index in [1.807, 2.05) is 26.0 Å². The number of hydrogen-bond donors (Lipinski definition) is 0. The number of ether oxygens (including phenoxy) is 1. The first-order chi connectivity index (χ1) is 10.8. The standard InChI is InChI=1S/C18H24O4S/c1-15(12-13-22-17(3)19)8-7-9-16(2)14-23(20,21)18-10-5-4-6-11-18/h4-6,9-12H,7-8,13-14H2,1-3H3/b15-12+,16-9+. The largest absolute Gasteiger partial charge is 0.462 e. The molecule has 0 unspecified atom stereocenters. The summed E-state index contributed by atoms with van der Waals surface area (Å²) in [6.07, 6.45) is 5.39. The maximum atomic E-state index is 12.2. The summed E-state index contributed by atoms with van der Waals surface area (Å²) >= 11 is 0. The minimum Gasteiger partial charge on any atom is -0.462 e. The van der Waals surface area contributed by atoms with Gasteiger partial charge in [0.15, 0.2) is 9.84 Å². The molecule has 0 aromatic heterocycles. The molecule has 0 saturated carbocycles. The van der Waals surface area contributed by atoms with Gasteiger partial charge in [0.2, 0.25) is 0 Å². The Balaban J connectivity index is 2.50. The molecule has 0 saturated heterocycles. The van der Waals surface area contributed by atoms with Crippen molar-refractivity contribution < 1.29 is 17.9 Å². The molecule has 0 amide bonds. The lowest BCUT2D eigenvalue weighted by molar-refractivity contribution is -0.139. The molecule has 0 N–H and O–H groups in total. The molecule has 5 heteroatoms. The van der Waals surface area contributed by atoms with E-state index in [-0.39, 0.29) is 18.3 Å². The van der Waals surface area contributed by atoms with Gasteiger partial charge in [0.25, 0.3) is 0 Å². The van der Waals surface area contributed by atoms with Crippen molar-refractivity contribution in [3.05, 3.63) is 53.6 Å². The molecule has 4 nitrogen and oxygen atoms in total. The van der Waals surface area contributed by atoms with Crippen LogP contribution in [0.1, 0.15) is 33.6 Å². The second kappa shape index (κ2) is 9.30. The van der Waals surface area contributed by atoms with Gasteiger partial charge in [0.05, 0.1) is 10.6 Å². The van der Waals surface area contributed by atoms with Crippen LogP contribution in [0.2, 0.25) is 0 Å². The Morgan fingerprint density at radius 2 is 1.70 bits per heavy atom. The highest BCUT2D eigenvalue weighted by Gasteiger charge is 2.13. The van der Waals surface area contributed by atoms with Gasteiger partial charge in [-0.1, -0.05) is 35.4 Å². The summed E-state index contributed by atoms with van der Waals surface area (Å²) in [5.74, 6) is -0.261. The van der Waals surface area contributed by atoms with Crippen molar-refractivity contribution in [1.29, 1.82) is 0 Å². The van der Waals surface area contributed by atoms with Gasteiger partial charge >= 0.3 is 5.97 Å². The number of allylic oxidation sites excluding steroid dienone is 2. The second-order valence-corrected chi connectivity index (χ2v) is 7.50. The van der Waals surface area contributed by atoms with E-state index in [0.717, 1.165) is 24.0 Å². The van der Waals surface area contributed by atoms with Crippen molar-refractivity contribution in [3.63, 3.8) is 0 Å². The van der Waals surface area contributed by atoms with Gasteiger partial charge < -0.3 is 4.74 Å². The first kappa shape index (κ1) is 19.2. The van der Waals surface area contributed by atoms with Crippen molar-refractivity contribution >= 4 is 15.8 Å². The molecule has 0 aliphatic heterocycles. The summed E-state index contributed by atoms with van der Waals surface area (Å²) in [4.78, 5) is 11.0. The Kier molecular flexibility index (Phi) is 7.75. The van der Waals surface area contributed by atoms with Crippen molar-refractivity contribution in [2.24, 2.45) is 0 Å². The van der Waals surface area contributed by atoms with Crippen LogP contribution in [-0.2, 0) is 19.4 Å². The van der Waals surface area contributed by atoms with E-state index in [1.165, 1.54) is 6.92 Å². The van der Waals surface area contributed by atoms with Crippen molar-refractivity contribution in [2.45, 2.75) is 38.5 Å². The van der Waals surface area contributed by atoms with Gasteiger partial charge in [-0.2, -0.15) is 0 Å². The lowest BCUT2D eigenvalue weighted by atomic mass is 10.1. The zero-order chi connectivity index (χ0) is 17.3. The smallest absolute Gasteiger partial charge is 0.302 e. The van der Waals surface area contributed by atoms with Crippen molar-refractivity contribution in [2.75, 3.05) is 12.4 Å². The van der Waals surface area contributed by atoms with Gasteiger partial charge in [-0.05, 0) is 44.9 Å². The zero-order valence-electron chi connectivity index (χ0n) is 13.9. The van der Waals surface area contributed by atoms with Crippen LogP contribution >= 0.6 is 0 Å². The number of rotatable bonds is 8. The third-order valence-corrected chi connectivity index (χ3v) is 5.10. The molecule has 0 heterocycles. The highest BCUT2D eigenvalue weighted by atomic mass is 32.2. The molecule has 1 aromatic rings. The molecule has 1 rings (SSSR count). The normalized spacial score (nSPS) is 13.0. The molecule has 0 radical (unpaired) electrons. The first-order valence-electron chi connectivity index (χ1n) is 7.53. The average Bonchev–Trinajstić information content (AvgIpc) is 2.47. The number of sulfone groups is 1. The fourth-order valence-electron chi connectivity index (χ4n) is 2.02. The Bertz CT molecular complexity index is 670. The van der Waals surface area contributed by atoms with E-state index in [1.54, 1.807) is 30.3 Å². The molecular formula is C18H24O4S. The molecule has 0 atom stereocenters. The summed E-state index contributed by atoms with van der Waals surface area (Å²) in [5.41, 5.74) is 1.95. The Labute approximate surface area is 138 Å². The number of carbonyl (C=O) groups excluding carboxylic acids is 1. The lowest BCUT2D eigenvalue weighted by Gasteiger charge is -2.05. The molecule has 23 heavy (non-hydrogen) atoms. The first-order valence-corrected chi connectivity index (χ1v) is 9.19. The molecule has 0 spiro atoms. The van der Waals surface area contributed by atoms with Gasteiger partial charge in [-0.15, -0.1) is 0 Å². The number of esters is 1. The van der Waals surface area contributed by atoms with Crippen LogP contribution in [0.3, 0.4) is 0 Å². The molecule has 1 aromatic carbocycles. The fraction of sp³-hybridized carbons (Fsp3) is 0.389. The SMILES string of the molecule is CC(=O)OC/C=C(\C)CC/C=C(\C)CS(=O)(=O)c1ccccc1. The minimum atomic E-state index is -3.27. The average molecular weight is 336 g/mol. The van der Waals surface area contributed by atoms with Gasteiger partial charge in [-0.25, -0.2) is 8.42 Å². The number of carbonyl (C=O) groups is 1.